The lowest BCUT2D eigenvalue weighted by Crippen LogP contribution is -2.19. The molecule has 1 heterocycles. The van der Waals surface area contributed by atoms with E-state index in [1.807, 2.05) is 12.1 Å². The zero-order valence-corrected chi connectivity index (χ0v) is 15.3. The van der Waals surface area contributed by atoms with E-state index in [4.69, 9.17) is 4.74 Å². The van der Waals surface area contributed by atoms with Crippen LogP contribution in [0.5, 0.6) is 5.75 Å². The number of hydrogen-bond donors (Lipinski definition) is 1. The summed E-state index contributed by atoms with van der Waals surface area (Å²) in [6.07, 6.45) is 1.58. The van der Waals surface area contributed by atoms with Gasteiger partial charge in [0, 0.05) is 10.0 Å². The Hall–Kier alpha value is -2.19. The molecule has 1 aliphatic rings. The van der Waals surface area contributed by atoms with Crippen molar-refractivity contribution < 1.29 is 13.9 Å². The lowest BCUT2D eigenvalue weighted by molar-refractivity contribution is -0.116. The van der Waals surface area contributed by atoms with Gasteiger partial charge in [0.1, 0.15) is 18.2 Å². The third kappa shape index (κ3) is 5.14. The van der Waals surface area contributed by atoms with Gasteiger partial charge >= 0.3 is 0 Å². The van der Waals surface area contributed by atoms with E-state index in [0.29, 0.717) is 26.7 Å². The number of nitrogens with one attached hydrogen (secondary N) is 1. The highest BCUT2D eigenvalue weighted by atomic mass is 79.9. The molecular formula is C17H13BrFN3O2S. The second-order valence-corrected chi connectivity index (χ2v) is 6.96. The molecule has 1 saturated heterocycles. The van der Waals surface area contributed by atoms with Crippen LogP contribution in [0.2, 0.25) is 0 Å². The van der Waals surface area contributed by atoms with E-state index in [0.717, 1.165) is 5.56 Å². The first-order valence-corrected chi connectivity index (χ1v) is 9.08. The number of hydrogen-bond acceptors (Lipinski definition) is 5. The average Bonchev–Trinajstić information content (AvgIpc) is 3.01. The van der Waals surface area contributed by atoms with E-state index >= 15 is 0 Å². The second-order valence-electron chi connectivity index (χ2n) is 5.08. The Labute approximate surface area is 156 Å². The molecular weight excluding hydrogens is 409 g/mol. The zero-order valence-electron chi connectivity index (χ0n) is 12.9. The van der Waals surface area contributed by atoms with Crippen molar-refractivity contribution in [3.05, 3.63) is 63.9 Å². The highest BCUT2D eigenvalue weighted by molar-refractivity contribution is 9.10. The Morgan fingerprint density at radius 2 is 2.08 bits per heavy atom. The van der Waals surface area contributed by atoms with Crippen LogP contribution in [0.4, 0.5) is 4.39 Å². The minimum absolute atomic E-state index is 0.0670. The molecule has 25 heavy (non-hydrogen) atoms. The fraction of sp³-hybridized carbons (Fsp3) is 0.118. The number of benzene rings is 2. The Morgan fingerprint density at radius 3 is 2.76 bits per heavy atom. The van der Waals surface area contributed by atoms with Crippen LogP contribution in [0.25, 0.3) is 0 Å². The summed E-state index contributed by atoms with van der Waals surface area (Å²) in [4.78, 5) is 11.0. The molecule has 1 aliphatic heterocycles. The van der Waals surface area contributed by atoms with Crippen LogP contribution in [0.3, 0.4) is 0 Å². The van der Waals surface area contributed by atoms with Crippen LogP contribution < -0.4 is 10.1 Å². The molecule has 8 heteroatoms. The van der Waals surface area contributed by atoms with Gasteiger partial charge in [0.15, 0.2) is 5.17 Å². The highest BCUT2D eigenvalue weighted by Crippen LogP contribution is 2.18. The Bertz CT molecular complexity index is 840. The maximum Gasteiger partial charge on any atom is 0.236 e. The van der Waals surface area contributed by atoms with E-state index in [1.54, 1.807) is 30.5 Å². The monoisotopic (exact) mass is 421 g/mol. The van der Waals surface area contributed by atoms with Crippen molar-refractivity contribution in [2.75, 3.05) is 5.75 Å². The van der Waals surface area contributed by atoms with Crippen molar-refractivity contribution >= 4 is 45.0 Å². The van der Waals surface area contributed by atoms with E-state index < -0.39 is 0 Å². The fourth-order valence-electron chi connectivity index (χ4n) is 1.98. The van der Waals surface area contributed by atoms with Gasteiger partial charge in [-0.1, -0.05) is 33.8 Å². The van der Waals surface area contributed by atoms with Crippen LogP contribution in [-0.2, 0) is 11.4 Å². The SMILES string of the molecule is O=C1CSC(=NN=Cc2ccc(OCc3ccc(Br)cc3F)cc2)N1. The quantitative estimate of drug-likeness (QED) is 0.590. The van der Waals surface area contributed by atoms with Gasteiger partial charge in [0.2, 0.25) is 5.91 Å². The molecule has 3 rings (SSSR count). The van der Waals surface area contributed by atoms with Crippen molar-refractivity contribution in [1.29, 1.82) is 0 Å². The first-order valence-electron chi connectivity index (χ1n) is 7.30. The van der Waals surface area contributed by atoms with Gasteiger partial charge in [-0.25, -0.2) is 4.39 Å². The predicted octanol–water partition coefficient (Wildman–Crippen LogP) is 3.72. The van der Waals surface area contributed by atoms with Gasteiger partial charge in [-0.15, -0.1) is 5.10 Å². The summed E-state index contributed by atoms with van der Waals surface area (Å²) < 4.78 is 20.0. The van der Waals surface area contributed by atoms with E-state index in [9.17, 15) is 9.18 Å². The third-order valence-corrected chi connectivity index (χ3v) is 4.59. The van der Waals surface area contributed by atoms with E-state index in [1.165, 1.54) is 17.8 Å². The fourth-order valence-corrected chi connectivity index (χ4v) is 2.94. The molecule has 0 spiro atoms. The molecule has 1 fully saturated rings. The standard InChI is InChI=1S/C17H13BrFN3O2S/c18-13-4-3-12(15(19)7-13)9-24-14-5-1-11(2-6-14)8-20-22-17-21-16(23)10-25-17/h1-8H,9-10H2,(H,21,22,23). The summed E-state index contributed by atoms with van der Waals surface area (Å²) in [6.45, 7) is 0.150. The number of rotatable bonds is 5. The number of ether oxygens (including phenoxy) is 1. The van der Waals surface area contributed by atoms with E-state index in [2.05, 4.69) is 31.4 Å². The van der Waals surface area contributed by atoms with Gasteiger partial charge in [-0.2, -0.15) is 5.10 Å². The normalized spacial score (nSPS) is 15.8. The molecule has 1 amide bonds. The molecule has 128 valence electrons. The number of carbonyl (C=O) groups excluding carboxylic acids is 1. The summed E-state index contributed by atoms with van der Waals surface area (Å²) in [6, 6.07) is 12.0. The van der Waals surface area contributed by atoms with Gasteiger partial charge in [-0.05, 0) is 42.0 Å². The molecule has 2 aromatic carbocycles. The van der Waals surface area contributed by atoms with Crippen LogP contribution in [0.15, 0.2) is 57.1 Å². The number of nitrogens with zero attached hydrogens (tertiary/aromatic N) is 2. The number of thioether (sulfide) groups is 1. The number of halogens is 2. The minimum atomic E-state index is -0.311. The van der Waals surface area contributed by atoms with Gasteiger partial charge in [0.25, 0.3) is 0 Å². The maximum atomic E-state index is 13.7. The molecule has 0 aromatic heterocycles. The largest absolute Gasteiger partial charge is 0.489 e. The Kier molecular flexibility index (Phi) is 5.83. The third-order valence-electron chi connectivity index (χ3n) is 3.23. The summed E-state index contributed by atoms with van der Waals surface area (Å²) in [5.74, 6) is 0.625. The number of amidine groups is 1. The summed E-state index contributed by atoms with van der Waals surface area (Å²) in [5, 5.41) is 11.0. The van der Waals surface area contributed by atoms with Crippen molar-refractivity contribution in [3.8, 4) is 5.75 Å². The molecule has 0 radical (unpaired) electrons. The molecule has 5 nitrogen and oxygen atoms in total. The van der Waals surface area contributed by atoms with E-state index in [-0.39, 0.29) is 18.3 Å². The molecule has 0 saturated carbocycles. The molecule has 0 atom stereocenters. The van der Waals surface area contributed by atoms with Crippen molar-refractivity contribution in [1.82, 2.24) is 5.32 Å². The van der Waals surface area contributed by atoms with Crippen molar-refractivity contribution in [3.63, 3.8) is 0 Å². The van der Waals surface area contributed by atoms with Crippen LogP contribution in [0.1, 0.15) is 11.1 Å². The number of amides is 1. The smallest absolute Gasteiger partial charge is 0.236 e. The number of carbonyl (C=O) groups is 1. The predicted molar refractivity (Wildman–Crippen MR) is 101 cm³/mol. The van der Waals surface area contributed by atoms with Crippen molar-refractivity contribution in [2.24, 2.45) is 10.2 Å². The van der Waals surface area contributed by atoms with Gasteiger partial charge in [0.05, 0.1) is 12.0 Å². The highest BCUT2D eigenvalue weighted by Gasteiger charge is 2.15. The Balaban J connectivity index is 1.56. The topological polar surface area (TPSA) is 63.0 Å². The maximum absolute atomic E-state index is 13.7. The van der Waals surface area contributed by atoms with Gasteiger partial charge in [-0.3, -0.25) is 4.79 Å². The second kappa shape index (κ2) is 8.26. The van der Waals surface area contributed by atoms with Crippen LogP contribution in [-0.4, -0.2) is 23.0 Å². The lowest BCUT2D eigenvalue weighted by atomic mass is 10.2. The summed E-state index contributed by atoms with van der Waals surface area (Å²) >= 11 is 4.54. The van der Waals surface area contributed by atoms with Gasteiger partial charge < -0.3 is 10.1 Å². The molecule has 0 bridgehead atoms. The molecule has 2 aromatic rings. The lowest BCUT2D eigenvalue weighted by Gasteiger charge is -2.07. The first kappa shape index (κ1) is 17.6. The minimum Gasteiger partial charge on any atom is -0.489 e. The summed E-state index contributed by atoms with van der Waals surface area (Å²) in [7, 11) is 0. The van der Waals surface area contributed by atoms with Crippen LogP contribution in [0, 0.1) is 5.82 Å². The first-order chi connectivity index (χ1) is 12.1. The van der Waals surface area contributed by atoms with Crippen LogP contribution >= 0.6 is 27.7 Å². The zero-order chi connectivity index (χ0) is 17.6. The Morgan fingerprint density at radius 1 is 1.28 bits per heavy atom. The van der Waals surface area contributed by atoms with Crippen molar-refractivity contribution in [2.45, 2.75) is 6.61 Å². The molecule has 0 aliphatic carbocycles. The molecule has 0 unspecified atom stereocenters. The average molecular weight is 422 g/mol. The summed E-state index contributed by atoms with van der Waals surface area (Å²) in [5.41, 5.74) is 1.32. The molecule has 1 N–H and O–H groups in total.